The third kappa shape index (κ3) is 8.53. The molecule has 0 radical (unpaired) electrons. The Bertz CT molecular complexity index is 324. The Kier molecular flexibility index (Phi) is 8.63. The molecule has 6 heteroatoms. The van der Waals surface area contributed by atoms with E-state index < -0.39 is 17.9 Å². The van der Waals surface area contributed by atoms with E-state index in [9.17, 15) is 14.7 Å². The van der Waals surface area contributed by atoms with Crippen LogP contribution in [0.2, 0.25) is 0 Å². The lowest BCUT2D eigenvalue weighted by molar-refractivity contribution is -0.327. The lowest BCUT2D eigenvalue weighted by Gasteiger charge is -2.26. The Balaban J connectivity index is 4.68. The highest BCUT2D eigenvalue weighted by Gasteiger charge is 2.35. The minimum absolute atomic E-state index is 0.0760. The van der Waals surface area contributed by atoms with Crippen LogP contribution in [0.5, 0.6) is 0 Å². The van der Waals surface area contributed by atoms with Crippen LogP contribution in [-0.4, -0.2) is 28.1 Å². The summed E-state index contributed by atoms with van der Waals surface area (Å²) in [6, 6.07) is 0. The van der Waals surface area contributed by atoms with Gasteiger partial charge in [-0.15, -0.1) is 0 Å². The Morgan fingerprint density at radius 3 is 1.90 bits per heavy atom. The third-order valence-electron chi connectivity index (χ3n) is 2.35. The summed E-state index contributed by atoms with van der Waals surface area (Å²) in [6.07, 6.45) is 2.89. The van der Waals surface area contributed by atoms with Gasteiger partial charge < -0.3 is 19.7 Å². The number of hydrogen-bond acceptors (Lipinski definition) is 6. The van der Waals surface area contributed by atoms with Gasteiger partial charge in [-0.1, -0.05) is 13.8 Å². The SMILES string of the molecule is CCCC(=O)OC(O)(CC/C=C(\C)O)OC(=O)CCC. The van der Waals surface area contributed by atoms with E-state index in [2.05, 4.69) is 0 Å². The van der Waals surface area contributed by atoms with Gasteiger partial charge in [-0.3, -0.25) is 9.59 Å². The van der Waals surface area contributed by atoms with Gasteiger partial charge in [0.25, 0.3) is 0 Å². The molecule has 0 aliphatic heterocycles. The van der Waals surface area contributed by atoms with Crippen molar-refractivity contribution in [1.82, 2.24) is 0 Å². The number of aliphatic hydroxyl groups is 2. The van der Waals surface area contributed by atoms with Crippen molar-refractivity contribution in [2.24, 2.45) is 0 Å². The summed E-state index contributed by atoms with van der Waals surface area (Å²) in [6.45, 7) is 5.06. The highest BCUT2D eigenvalue weighted by atomic mass is 16.8. The zero-order valence-corrected chi connectivity index (χ0v) is 12.3. The molecule has 0 aliphatic rings. The fourth-order valence-corrected chi connectivity index (χ4v) is 1.45. The largest absolute Gasteiger partial charge is 0.513 e. The number of carbonyl (C=O) groups is 2. The predicted molar refractivity (Wildman–Crippen MR) is 72.6 cm³/mol. The Labute approximate surface area is 119 Å². The highest BCUT2D eigenvalue weighted by Crippen LogP contribution is 2.20. The summed E-state index contributed by atoms with van der Waals surface area (Å²) in [5.41, 5.74) is 0. The maximum absolute atomic E-state index is 11.5. The van der Waals surface area contributed by atoms with Gasteiger partial charge in [-0.2, -0.15) is 0 Å². The van der Waals surface area contributed by atoms with E-state index in [4.69, 9.17) is 14.6 Å². The van der Waals surface area contributed by atoms with Crippen LogP contribution in [0.1, 0.15) is 59.3 Å². The fraction of sp³-hybridized carbons (Fsp3) is 0.714. The van der Waals surface area contributed by atoms with Crippen molar-refractivity contribution in [1.29, 1.82) is 0 Å². The van der Waals surface area contributed by atoms with Crippen molar-refractivity contribution in [2.75, 3.05) is 0 Å². The van der Waals surface area contributed by atoms with Crippen LogP contribution in [0.25, 0.3) is 0 Å². The van der Waals surface area contributed by atoms with E-state index in [0.29, 0.717) is 12.8 Å². The number of ether oxygens (including phenoxy) is 2. The molecule has 0 atom stereocenters. The Morgan fingerprint density at radius 1 is 1.10 bits per heavy atom. The first kappa shape index (κ1) is 18.4. The molecule has 2 N–H and O–H groups in total. The molecule has 0 amide bonds. The molecular weight excluding hydrogens is 264 g/mol. The van der Waals surface area contributed by atoms with Crippen LogP contribution in [-0.2, 0) is 19.1 Å². The molecule has 0 aliphatic carbocycles. The molecule has 0 aromatic rings. The molecule has 0 bridgehead atoms. The third-order valence-corrected chi connectivity index (χ3v) is 2.35. The first-order valence-corrected chi connectivity index (χ1v) is 6.84. The van der Waals surface area contributed by atoms with Crippen molar-refractivity contribution in [3.8, 4) is 0 Å². The molecular formula is C14H24O6. The average molecular weight is 288 g/mol. The number of carbonyl (C=O) groups excluding carboxylic acids is 2. The number of hydrogen-bond donors (Lipinski definition) is 2. The highest BCUT2D eigenvalue weighted by molar-refractivity contribution is 5.71. The predicted octanol–water partition coefficient (Wildman–Crippen LogP) is 2.56. The molecule has 6 nitrogen and oxygen atoms in total. The van der Waals surface area contributed by atoms with Crippen molar-refractivity contribution >= 4 is 11.9 Å². The summed E-state index contributed by atoms with van der Waals surface area (Å²) in [4.78, 5) is 22.9. The van der Waals surface area contributed by atoms with Gasteiger partial charge in [0.2, 0.25) is 0 Å². The van der Waals surface area contributed by atoms with Crippen LogP contribution in [0, 0.1) is 0 Å². The van der Waals surface area contributed by atoms with Crippen LogP contribution >= 0.6 is 0 Å². The van der Waals surface area contributed by atoms with Gasteiger partial charge in [0.1, 0.15) is 0 Å². The first-order chi connectivity index (χ1) is 9.33. The normalized spacial score (nSPS) is 12.1. The summed E-state index contributed by atoms with van der Waals surface area (Å²) in [5, 5.41) is 19.2. The average Bonchev–Trinajstić information content (AvgIpc) is 2.27. The van der Waals surface area contributed by atoms with Gasteiger partial charge >= 0.3 is 17.9 Å². The quantitative estimate of drug-likeness (QED) is 0.385. The minimum Gasteiger partial charge on any atom is -0.513 e. The maximum atomic E-state index is 11.5. The molecule has 0 rings (SSSR count). The van der Waals surface area contributed by atoms with Crippen LogP contribution in [0.4, 0.5) is 0 Å². The van der Waals surface area contributed by atoms with Gasteiger partial charge in [0.05, 0.1) is 12.2 Å². The second kappa shape index (κ2) is 9.36. The topological polar surface area (TPSA) is 93.1 Å². The number of allylic oxidation sites excluding steroid dienone is 2. The summed E-state index contributed by atoms with van der Waals surface area (Å²) in [7, 11) is 0. The van der Waals surface area contributed by atoms with Gasteiger partial charge in [-0.05, 0) is 32.3 Å². The van der Waals surface area contributed by atoms with Gasteiger partial charge in [0.15, 0.2) is 0 Å². The molecule has 0 saturated heterocycles. The van der Waals surface area contributed by atoms with Crippen LogP contribution in [0.3, 0.4) is 0 Å². The molecule has 0 unspecified atom stereocenters. The van der Waals surface area contributed by atoms with E-state index in [1.807, 2.05) is 0 Å². The van der Waals surface area contributed by atoms with Gasteiger partial charge in [0, 0.05) is 12.8 Å². The van der Waals surface area contributed by atoms with E-state index in [-0.39, 0.29) is 31.4 Å². The van der Waals surface area contributed by atoms with E-state index in [1.165, 1.54) is 13.0 Å². The number of rotatable bonds is 9. The van der Waals surface area contributed by atoms with E-state index in [0.717, 1.165) is 0 Å². The first-order valence-electron chi connectivity index (χ1n) is 6.84. The zero-order valence-electron chi connectivity index (χ0n) is 12.3. The molecule has 20 heavy (non-hydrogen) atoms. The van der Waals surface area contributed by atoms with E-state index >= 15 is 0 Å². The monoisotopic (exact) mass is 288 g/mol. The van der Waals surface area contributed by atoms with Crippen LogP contribution < -0.4 is 0 Å². The summed E-state index contributed by atoms with van der Waals surface area (Å²) < 4.78 is 9.68. The van der Waals surface area contributed by atoms with Crippen molar-refractivity contribution < 1.29 is 29.3 Å². The van der Waals surface area contributed by atoms with Crippen molar-refractivity contribution in [3.05, 3.63) is 11.8 Å². The molecule has 0 spiro atoms. The molecule has 0 saturated carbocycles. The molecule has 0 aromatic heterocycles. The molecule has 0 aromatic carbocycles. The Morgan fingerprint density at radius 2 is 1.55 bits per heavy atom. The molecule has 116 valence electrons. The summed E-state index contributed by atoms with van der Waals surface area (Å²) >= 11 is 0. The number of aliphatic hydroxyl groups excluding tert-OH is 1. The van der Waals surface area contributed by atoms with Gasteiger partial charge in [-0.25, -0.2) is 0 Å². The minimum atomic E-state index is -2.27. The maximum Gasteiger partial charge on any atom is 0.373 e. The zero-order chi connectivity index (χ0) is 15.6. The molecule has 0 heterocycles. The lowest BCUT2D eigenvalue weighted by Crippen LogP contribution is -2.40. The second-order valence-electron chi connectivity index (χ2n) is 4.55. The fourth-order valence-electron chi connectivity index (χ4n) is 1.45. The van der Waals surface area contributed by atoms with E-state index in [1.54, 1.807) is 13.8 Å². The number of esters is 2. The molecule has 0 fully saturated rings. The smallest absolute Gasteiger partial charge is 0.373 e. The lowest BCUT2D eigenvalue weighted by atomic mass is 10.2. The second-order valence-corrected chi connectivity index (χ2v) is 4.55. The van der Waals surface area contributed by atoms with Crippen molar-refractivity contribution in [2.45, 2.75) is 65.3 Å². The van der Waals surface area contributed by atoms with Crippen molar-refractivity contribution in [3.63, 3.8) is 0 Å². The standard InChI is InChI=1S/C14H24O6/c1-4-7-12(16)19-14(18,10-6-9-11(3)15)20-13(17)8-5-2/h9,15,18H,4-8,10H2,1-3H3/b11-9+. The Hall–Kier alpha value is -1.56. The van der Waals surface area contributed by atoms with Crippen LogP contribution in [0.15, 0.2) is 11.8 Å². The summed E-state index contributed by atoms with van der Waals surface area (Å²) in [5.74, 6) is -3.47.